The van der Waals surface area contributed by atoms with Crippen molar-refractivity contribution >= 4 is 40.1 Å². The van der Waals surface area contributed by atoms with Gasteiger partial charge in [-0.2, -0.15) is 13.2 Å². The van der Waals surface area contributed by atoms with Gasteiger partial charge in [-0.15, -0.1) is 0 Å². The fourth-order valence-electron chi connectivity index (χ4n) is 4.77. The summed E-state index contributed by atoms with van der Waals surface area (Å²) in [5.41, 5.74) is 2.10. The van der Waals surface area contributed by atoms with Crippen LogP contribution in [0.25, 0.3) is 10.9 Å². The Morgan fingerprint density at radius 2 is 1.80 bits per heavy atom. The molecule has 9 heteroatoms. The number of benzene rings is 2. The Balaban J connectivity index is 1.61. The second kappa shape index (κ2) is 9.34. The molecular formula is C26H27Cl2F3N2O2. The molecule has 0 atom stereocenters. The first-order valence-corrected chi connectivity index (χ1v) is 12.1. The number of aliphatic carboxylic acids is 1. The van der Waals surface area contributed by atoms with Crippen LogP contribution in [0.5, 0.6) is 0 Å². The molecule has 188 valence electrons. The first-order chi connectivity index (χ1) is 16.3. The Labute approximate surface area is 212 Å². The Morgan fingerprint density at radius 3 is 2.40 bits per heavy atom. The Bertz CT molecular complexity index is 1290. The highest BCUT2D eigenvalue weighted by Crippen LogP contribution is 2.37. The zero-order chi connectivity index (χ0) is 25.7. The van der Waals surface area contributed by atoms with Crippen LogP contribution in [0, 0.1) is 12.3 Å². The molecule has 1 aliphatic rings. The van der Waals surface area contributed by atoms with Gasteiger partial charge in [0.15, 0.2) is 0 Å². The summed E-state index contributed by atoms with van der Waals surface area (Å²) >= 11 is 13.3. The van der Waals surface area contributed by atoms with E-state index >= 15 is 0 Å². The van der Waals surface area contributed by atoms with Crippen LogP contribution in [0.4, 0.5) is 13.2 Å². The van der Waals surface area contributed by atoms with Crippen molar-refractivity contribution in [1.29, 1.82) is 0 Å². The summed E-state index contributed by atoms with van der Waals surface area (Å²) in [5, 5.41) is 11.2. The summed E-state index contributed by atoms with van der Waals surface area (Å²) in [7, 11) is 1.75. The van der Waals surface area contributed by atoms with Gasteiger partial charge in [0.2, 0.25) is 0 Å². The minimum absolute atomic E-state index is 0.370. The number of alkyl halides is 3. The number of likely N-dealkylation sites (tertiary alicyclic amines) is 1. The Hall–Kier alpha value is -2.22. The van der Waals surface area contributed by atoms with Gasteiger partial charge in [0.25, 0.3) is 0 Å². The second-order valence-electron chi connectivity index (χ2n) is 9.74. The van der Waals surface area contributed by atoms with Crippen LogP contribution in [0.2, 0.25) is 10.0 Å². The van der Waals surface area contributed by atoms with Crippen LogP contribution in [0.1, 0.15) is 47.7 Å². The van der Waals surface area contributed by atoms with E-state index in [4.69, 9.17) is 23.2 Å². The topological polar surface area (TPSA) is 45.5 Å². The molecule has 3 aromatic rings. The zero-order valence-corrected chi connectivity index (χ0v) is 21.3. The van der Waals surface area contributed by atoms with E-state index in [2.05, 4.69) is 4.90 Å². The van der Waals surface area contributed by atoms with E-state index in [0.29, 0.717) is 60.0 Å². The van der Waals surface area contributed by atoms with Crippen molar-refractivity contribution in [3.05, 3.63) is 68.3 Å². The fourth-order valence-corrected chi connectivity index (χ4v) is 5.33. The van der Waals surface area contributed by atoms with Gasteiger partial charge in [-0.25, -0.2) is 0 Å². The lowest BCUT2D eigenvalue weighted by atomic mass is 9.80. The maximum atomic E-state index is 13.3. The van der Waals surface area contributed by atoms with E-state index in [1.165, 1.54) is 12.1 Å². The normalized spacial score (nSPS) is 16.7. The van der Waals surface area contributed by atoms with E-state index in [9.17, 15) is 23.1 Å². The number of nitrogens with zero attached hydrogens (tertiary/aromatic N) is 2. The molecule has 1 saturated heterocycles. The molecule has 0 amide bonds. The number of rotatable bonds is 5. The van der Waals surface area contributed by atoms with E-state index in [0.717, 1.165) is 22.2 Å². The van der Waals surface area contributed by atoms with Gasteiger partial charge in [0.1, 0.15) is 0 Å². The van der Waals surface area contributed by atoms with Gasteiger partial charge in [0.05, 0.1) is 16.0 Å². The minimum Gasteiger partial charge on any atom is -0.481 e. The lowest BCUT2D eigenvalue weighted by Crippen LogP contribution is -2.42. The number of hydrogen-bond donors (Lipinski definition) is 1. The summed E-state index contributed by atoms with van der Waals surface area (Å²) in [6.07, 6.45) is -2.92. The van der Waals surface area contributed by atoms with E-state index < -0.39 is 23.1 Å². The van der Waals surface area contributed by atoms with Crippen LogP contribution >= 0.6 is 23.2 Å². The van der Waals surface area contributed by atoms with Crippen LogP contribution in [0.3, 0.4) is 0 Å². The number of piperidine rings is 1. The third-order valence-corrected chi connectivity index (χ3v) is 8.11. The van der Waals surface area contributed by atoms with Gasteiger partial charge in [-0.1, -0.05) is 29.3 Å². The smallest absolute Gasteiger partial charge is 0.416 e. The third kappa shape index (κ3) is 5.04. The molecule has 2 aromatic carbocycles. The molecule has 0 aliphatic carbocycles. The number of carboxylic acids is 1. The standard InChI is InChI=1S/C26H27Cl2F3N2O2/c1-15-10-17(26(29,30)31)11-22-19(15)12-18(32(22)3)13-20-21(27)5-4-16(23(20)28)14-33-8-6-25(2,7-9-33)24(34)35/h4-5,10-12H,6-9,13-14H2,1-3H3,(H,34,35). The lowest BCUT2D eigenvalue weighted by molar-refractivity contribution is -0.150. The number of carboxylic acid groups (broad SMARTS) is 1. The highest BCUT2D eigenvalue weighted by molar-refractivity contribution is 6.36. The van der Waals surface area contributed by atoms with Crippen molar-refractivity contribution in [2.45, 2.75) is 45.8 Å². The first-order valence-electron chi connectivity index (χ1n) is 11.4. The van der Waals surface area contributed by atoms with Crippen molar-refractivity contribution in [3.63, 3.8) is 0 Å². The maximum Gasteiger partial charge on any atom is 0.416 e. The predicted octanol–water partition coefficient (Wildman–Crippen LogP) is 7.09. The van der Waals surface area contributed by atoms with Gasteiger partial charge in [0, 0.05) is 41.6 Å². The van der Waals surface area contributed by atoms with Crippen molar-refractivity contribution in [2.24, 2.45) is 12.5 Å². The molecule has 4 rings (SSSR count). The van der Waals surface area contributed by atoms with Crippen LogP contribution in [-0.4, -0.2) is 33.6 Å². The highest BCUT2D eigenvalue weighted by Gasteiger charge is 2.37. The number of halogens is 5. The molecule has 4 nitrogen and oxygen atoms in total. The molecule has 0 spiro atoms. The zero-order valence-electron chi connectivity index (χ0n) is 19.8. The predicted molar refractivity (Wildman–Crippen MR) is 132 cm³/mol. The summed E-state index contributed by atoms with van der Waals surface area (Å²) < 4.78 is 41.7. The molecule has 1 fully saturated rings. The molecule has 1 aromatic heterocycles. The molecule has 2 heterocycles. The quantitative estimate of drug-likeness (QED) is 0.386. The van der Waals surface area contributed by atoms with Gasteiger partial charge >= 0.3 is 12.1 Å². The van der Waals surface area contributed by atoms with Crippen LogP contribution in [-0.2, 0) is 31.0 Å². The molecule has 0 saturated carbocycles. The average Bonchev–Trinajstić information content (AvgIpc) is 3.10. The lowest BCUT2D eigenvalue weighted by Gasteiger charge is -2.36. The second-order valence-corrected chi connectivity index (χ2v) is 10.5. The summed E-state index contributed by atoms with van der Waals surface area (Å²) in [6, 6.07) is 7.90. The van der Waals surface area contributed by atoms with Gasteiger partial charge in [-0.05, 0) is 80.7 Å². The average molecular weight is 527 g/mol. The summed E-state index contributed by atoms with van der Waals surface area (Å²) in [6.45, 7) is 5.34. The minimum atomic E-state index is -4.42. The van der Waals surface area contributed by atoms with Gasteiger partial charge < -0.3 is 9.67 Å². The van der Waals surface area contributed by atoms with Crippen molar-refractivity contribution in [2.75, 3.05) is 13.1 Å². The number of hydrogen-bond acceptors (Lipinski definition) is 2. The van der Waals surface area contributed by atoms with Crippen molar-refractivity contribution < 1.29 is 23.1 Å². The van der Waals surface area contributed by atoms with E-state index in [1.54, 1.807) is 31.5 Å². The summed E-state index contributed by atoms with van der Waals surface area (Å²) in [4.78, 5) is 13.7. The molecule has 1 aliphatic heterocycles. The van der Waals surface area contributed by atoms with Crippen molar-refractivity contribution in [3.8, 4) is 0 Å². The SMILES string of the molecule is Cc1cc(C(F)(F)F)cc2c1cc(Cc1c(Cl)ccc(CN3CCC(C)(C(=O)O)CC3)c1Cl)n2C. The van der Waals surface area contributed by atoms with Crippen LogP contribution < -0.4 is 0 Å². The first kappa shape index (κ1) is 25.9. The number of aromatic nitrogens is 1. The molecule has 0 bridgehead atoms. The Morgan fingerprint density at radius 1 is 1.14 bits per heavy atom. The maximum absolute atomic E-state index is 13.3. The Kier molecular flexibility index (Phi) is 6.90. The van der Waals surface area contributed by atoms with Crippen molar-refractivity contribution in [1.82, 2.24) is 9.47 Å². The molecule has 0 radical (unpaired) electrons. The monoisotopic (exact) mass is 526 g/mol. The third-order valence-electron chi connectivity index (χ3n) is 7.29. The number of carbonyl (C=O) groups is 1. The highest BCUT2D eigenvalue weighted by atomic mass is 35.5. The fraction of sp³-hybridized carbons (Fsp3) is 0.423. The molecular weight excluding hydrogens is 500 g/mol. The van der Waals surface area contributed by atoms with E-state index in [-0.39, 0.29) is 0 Å². The molecule has 1 N–H and O–H groups in total. The number of fused-ring (bicyclic) bond motifs is 1. The van der Waals surface area contributed by atoms with Gasteiger partial charge in [-0.3, -0.25) is 9.69 Å². The summed E-state index contributed by atoms with van der Waals surface area (Å²) in [5.74, 6) is -0.767. The molecule has 35 heavy (non-hydrogen) atoms. The van der Waals surface area contributed by atoms with E-state index in [1.807, 2.05) is 12.1 Å². The number of aryl methyl sites for hydroxylation is 2. The molecule has 0 unspecified atom stereocenters. The van der Waals surface area contributed by atoms with Crippen LogP contribution in [0.15, 0.2) is 30.3 Å². The largest absolute Gasteiger partial charge is 0.481 e.